The second-order valence-electron chi connectivity index (χ2n) is 8.73. The van der Waals surface area contributed by atoms with Crippen LogP contribution in [-0.2, 0) is 0 Å². The molecule has 160 valence electrons. The highest BCUT2D eigenvalue weighted by atomic mass is 16.7. The fourth-order valence-corrected chi connectivity index (χ4v) is 4.50. The number of benzene rings is 4. The van der Waals surface area contributed by atoms with E-state index in [1.807, 2.05) is 32.0 Å². The Morgan fingerprint density at radius 2 is 1.12 bits per heavy atom. The molecule has 0 N–H and O–H groups in total. The van der Waals surface area contributed by atoms with E-state index in [4.69, 9.17) is 9.47 Å². The second kappa shape index (κ2) is 7.76. The monoisotopic (exact) mass is 421 g/mol. The van der Waals surface area contributed by atoms with Crippen molar-refractivity contribution in [2.45, 2.75) is 33.5 Å². The molecule has 4 aromatic carbocycles. The molecule has 1 aliphatic rings. The van der Waals surface area contributed by atoms with Crippen LogP contribution in [0.1, 0.15) is 25.0 Å². The molecule has 0 spiro atoms. The van der Waals surface area contributed by atoms with Crippen molar-refractivity contribution in [3.63, 3.8) is 0 Å². The summed E-state index contributed by atoms with van der Waals surface area (Å²) in [6.07, 6.45) is 0. The quantitative estimate of drug-likeness (QED) is 0.334. The maximum Gasteiger partial charge on any atom is 0.246 e. The van der Waals surface area contributed by atoms with Gasteiger partial charge in [-0.1, -0.05) is 42.5 Å². The zero-order valence-corrected chi connectivity index (χ0v) is 18.9. The van der Waals surface area contributed by atoms with Gasteiger partial charge < -0.3 is 14.4 Å². The van der Waals surface area contributed by atoms with Gasteiger partial charge in [-0.2, -0.15) is 0 Å². The first-order valence-electron chi connectivity index (χ1n) is 11.0. The highest BCUT2D eigenvalue weighted by Crippen LogP contribution is 2.44. The van der Waals surface area contributed by atoms with Gasteiger partial charge in [0.1, 0.15) is 0 Å². The molecule has 32 heavy (non-hydrogen) atoms. The van der Waals surface area contributed by atoms with Gasteiger partial charge in [0, 0.05) is 30.9 Å². The summed E-state index contributed by atoms with van der Waals surface area (Å²) in [5, 5.41) is 0. The molecule has 0 radical (unpaired) electrons. The lowest BCUT2D eigenvalue weighted by atomic mass is 9.94. The van der Waals surface area contributed by atoms with Crippen molar-refractivity contribution in [1.82, 2.24) is 0 Å². The van der Waals surface area contributed by atoms with Crippen LogP contribution in [0.4, 0.5) is 17.1 Å². The normalized spacial score (nSPS) is 13.8. The third kappa shape index (κ3) is 3.71. The van der Waals surface area contributed by atoms with Gasteiger partial charge >= 0.3 is 0 Å². The molecule has 0 fully saturated rings. The molecule has 0 unspecified atom stereocenters. The summed E-state index contributed by atoms with van der Waals surface area (Å²) in [6, 6.07) is 31.7. The zero-order valence-electron chi connectivity index (χ0n) is 18.9. The lowest BCUT2D eigenvalue weighted by molar-refractivity contribution is -0.0431. The molecule has 0 saturated carbocycles. The topological polar surface area (TPSA) is 21.7 Å². The number of nitrogens with zero attached hydrogens (tertiary/aromatic N) is 1. The fraction of sp³-hybridized carbons (Fsp3) is 0.172. The zero-order chi connectivity index (χ0) is 22.3. The summed E-state index contributed by atoms with van der Waals surface area (Å²) in [5.74, 6) is 0.969. The Labute approximate surface area is 189 Å². The summed E-state index contributed by atoms with van der Waals surface area (Å²) in [5.41, 5.74) is 8.21. The first-order valence-corrected chi connectivity index (χ1v) is 11.0. The number of ether oxygens (including phenoxy) is 2. The summed E-state index contributed by atoms with van der Waals surface area (Å²) < 4.78 is 11.8. The van der Waals surface area contributed by atoms with E-state index in [0.717, 1.165) is 34.1 Å². The number of anilines is 3. The Morgan fingerprint density at radius 1 is 0.594 bits per heavy atom. The maximum atomic E-state index is 5.98. The largest absolute Gasteiger partial charge is 0.449 e. The number of aryl methyl sites for hydroxylation is 2. The van der Waals surface area contributed by atoms with Crippen LogP contribution in [-0.4, -0.2) is 5.79 Å². The van der Waals surface area contributed by atoms with Crippen LogP contribution in [0.2, 0.25) is 0 Å². The number of rotatable bonds is 4. The Kier molecular flexibility index (Phi) is 4.90. The van der Waals surface area contributed by atoms with Gasteiger partial charge in [-0.3, -0.25) is 0 Å². The average Bonchev–Trinajstić information content (AvgIpc) is 3.08. The minimum atomic E-state index is -0.624. The molecule has 0 aromatic heterocycles. The Bertz CT molecular complexity index is 1200. The predicted molar refractivity (Wildman–Crippen MR) is 131 cm³/mol. The van der Waals surface area contributed by atoms with Crippen LogP contribution in [0.15, 0.2) is 91.0 Å². The smallest absolute Gasteiger partial charge is 0.246 e. The van der Waals surface area contributed by atoms with Gasteiger partial charge in [0.25, 0.3) is 0 Å². The van der Waals surface area contributed by atoms with Crippen LogP contribution in [0.3, 0.4) is 0 Å². The van der Waals surface area contributed by atoms with Gasteiger partial charge in [-0.15, -0.1) is 0 Å². The van der Waals surface area contributed by atoms with Gasteiger partial charge in [-0.25, -0.2) is 0 Å². The van der Waals surface area contributed by atoms with Crippen LogP contribution in [0.5, 0.6) is 11.5 Å². The molecule has 0 saturated heterocycles. The molecule has 1 heterocycles. The van der Waals surface area contributed by atoms with Crippen molar-refractivity contribution >= 4 is 17.1 Å². The van der Waals surface area contributed by atoms with E-state index in [1.54, 1.807) is 0 Å². The molecule has 3 heteroatoms. The number of hydrogen-bond acceptors (Lipinski definition) is 3. The Balaban J connectivity index is 1.59. The highest BCUT2D eigenvalue weighted by Gasteiger charge is 2.31. The molecular formula is C29H27NO2. The van der Waals surface area contributed by atoms with Gasteiger partial charge in [0.15, 0.2) is 11.5 Å². The second-order valence-corrected chi connectivity index (χ2v) is 8.73. The highest BCUT2D eigenvalue weighted by molar-refractivity contribution is 5.82. The van der Waals surface area contributed by atoms with Gasteiger partial charge in [-0.05, 0) is 84.6 Å². The van der Waals surface area contributed by atoms with E-state index in [-0.39, 0.29) is 0 Å². The summed E-state index contributed by atoms with van der Waals surface area (Å²) in [7, 11) is 0. The molecule has 1 aliphatic heterocycles. The summed E-state index contributed by atoms with van der Waals surface area (Å²) >= 11 is 0. The molecule has 0 aliphatic carbocycles. The average molecular weight is 422 g/mol. The van der Waals surface area contributed by atoms with Crippen LogP contribution >= 0.6 is 0 Å². The number of fused-ring (bicyclic) bond motifs is 1. The minimum absolute atomic E-state index is 0.624. The maximum absolute atomic E-state index is 5.98. The number of para-hydroxylation sites is 2. The van der Waals surface area contributed by atoms with E-state index in [0.29, 0.717) is 0 Å². The molecule has 5 rings (SSSR count). The molecule has 0 amide bonds. The van der Waals surface area contributed by atoms with Crippen molar-refractivity contribution < 1.29 is 9.47 Å². The van der Waals surface area contributed by atoms with Crippen molar-refractivity contribution in [1.29, 1.82) is 0 Å². The SMILES string of the molecule is Cc1cc(N(c2ccccc2)c2ccccc2)cc(C)c1-c1ccc2c(c1)OC(C)(C)O2. The van der Waals surface area contributed by atoms with E-state index in [9.17, 15) is 0 Å². The van der Waals surface area contributed by atoms with Crippen LogP contribution in [0.25, 0.3) is 11.1 Å². The van der Waals surface area contributed by atoms with E-state index in [2.05, 4.69) is 91.5 Å². The van der Waals surface area contributed by atoms with E-state index < -0.39 is 5.79 Å². The summed E-state index contributed by atoms with van der Waals surface area (Å²) in [6.45, 7) is 8.21. The van der Waals surface area contributed by atoms with Crippen molar-refractivity contribution in [3.8, 4) is 22.6 Å². The predicted octanol–water partition coefficient (Wildman–Crippen LogP) is 7.95. The Hall–Kier alpha value is -3.72. The number of hydrogen-bond donors (Lipinski definition) is 0. The first-order chi connectivity index (χ1) is 15.4. The molecule has 4 aromatic rings. The van der Waals surface area contributed by atoms with Crippen molar-refractivity contribution in [3.05, 3.63) is 102 Å². The fourth-order valence-electron chi connectivity index (χ4n) is 4.50. The summed E-state index contributed by atoms with van der Waals surface area (Å²) in [4.78, 5) is 2.30. The van der Waals surface area contributed by atoms with Crippen molar-refractivity contribution in [2.24, 2.45) is 0 Å². The third-order valence-corrected chi connectivity index (χ3v) is 5.75. The Morgan fingerprint density at radius 3 is 1.69 bits per heavy atom. The van der Waals surface area contributed by atoms with Gasteiger partial charge in [0.2, 0.25) is 5.79 Å². The molecule has 3 nitrogen and oxygen atoms in total. The van der Waals surface area contributed by atoms with Gasteiger partial charge in [0.05, 0.1) is 0 Å². The van der Waals surface area contributed by atoms with E-state index >= 15 is 0 Å². The molecular weight excluding hydrogens is 394 g/mol. The molecule has 0 bridgehead atoms. The van der Waals surface area contributed by atoms with Crippen LogP contribution in [0, 0.1) is 13.8 Å². The standard InChI is InChI=1S/C29H27NO2/c1-20-17-25(30(23-11-7-5-8-12-23)24-13-9-6-10-14-24)18-21(2)28(20)22-15-16-26-27(19-22)32-29(3,4)31-26/h5-19H,1-4H3. The lowest BCUT2D eigenvalue weighted by Gasteiger charge is -2.27. The molecule has 0 atom stereocenters. The van der Waals surface area contributed by atoms with E-state index in [1.165, 1.54) is 16.7 Å². The van der Waals surface area contributed by atoms with Crippen molar-refractivity contribution in [2.75, 3.05) is 4.90 Å². The van der Waals surface area contributed by atoms with Crippen LogP contribution < -0.4 is 14.4 Å². The minimum Gasteiger partial charge on any atom is -0.449 e. The lowest BCUT2D eigenvalue weighted by Crippen LogP contribution is -2.29. The third-order valence-electron chi connectivity index (χ3n) is 5.75. The first kappa shape index (κ1) is 20.2.